The number of sulfonamides is 1. The Labute approximate surface area is 212 Å². The average Bonchev–Trinajstić information content (AvgIpc) is 2.93. The molecule has 0 atom stereocenters. The lowest BCUT2D eigenvalue weighted by atomic mass is 10.1. The van der Waals surface area contributed by atoms with Crippen molar-refractivity contribution in [3.8, 4) is 0 Å². The molecule has 0 radical (unpaired) electrons. The highest BCUT2D eigenvalue weighted by Crippen LogP contribution is 2.21. The van der Waals surface area contributed by atoms with Crippen molar-refractivity contribution in [3.63, 3.8) is 0 Å². The number of carbonyl (C=O) groups excluding carboxylic acids is 1. The van der Waals surface area contributed by atoms with E-state index in [9.17, 15) is 13.2 Å². The van der Waals surface area contributed by atoms with E-state index in [0.717, 1.165) is 16.7 Å². The van der Waals surface area contributed by atoms with E-state index in [2.05, 4.69) is 10.5 Å². The summed E-state index contributed by atoms with van der Waals surface area (Å²) < 4.78 is 28.3. The van der Waals surface area contributed by atoms with Crippen LogP contribution in [0.5, 0.6) is 0 Å². The molecule has 0 heterocycles. The minimum absolute atomic E-state index is 0.166. The van der Waals surface area contributed by atoms with Crippen LogP contribution in [0.15, 0.2) is 125 Å². The summed E-state index contributed by atoms with van der Waals surface area (Å²) in [5, 5.41) is 4.18. The smallest absolute Gasteiger partial charge is 0.267 e. The van der Waals surface area contributed by atoms with Crippen molar-refractivity contribution in [2.75, 3.05) is 0 Å². The Morgan fingerprint density at radius 3 is 1.78 bits per heavy atom. The molecule has 0 aliphatic heterocycles. The quantitative estimate of drug-likeness (QED) is 0.254. The summed E-state index contributed by atoms with van der Waals surface area (Å²) in [6.45, 7) is 2.22. The standard InChI is InChI=1S/C29H27N3O3S/c1-23(26-13-7-3-8-14-26)30-31-29(33)27-19-17-25(18-20-27)22-32(21-24-11-5-2-6-12-24)36(34,35)28-15-9-4-10-16-28/h2-20H,21-22H2,1H3,(H,31,33)/b30-23+. The van der Waals surface area contributed by atoms with Gasteiger partial charge in [-0.05, 0) is 47.9 Å². The zero-order valence-corrected chi connectivity index (χ0v) is 20.7. The minimum Gasteiger partial charge on any atom is -0.267 e. The number of hydrazone groups is 1. The highest BCUT2D eigenvalue weighted by Gasteiger charge is 2.25. The second-order valence-electron chi connectivity index (χ2n) is 8.27. The molecule has 0 aliphatic carbocycles. The highest BCUT2D eigenvalue weighted by molar-refractivity contribution is 7.89. The van der Waals surface area contributed by atoms with Gasteiger partial charge in [0.25, 0.3) is 5.91 Å². The van der Waals surface area contributed by atoms with Gasteiger partial charge in [0.05, 0.1) is 10.6 Å². The van der Waals surface area contributed by atoms with Crippen LogP contribution < -0.4 is 5.43 Å². The molecule has 0 saturated heterocycles. The van der Waals surface area contributed by atoms with Gasteiger partial charge in [-0.25, -0.2) is 13.8 Å². The summed E-state index contributed by atoms with van der Waals surface area (Å²) in [4.78, 5) is 12.8. The van der Waals surface area contributed by atoms with Crippen molar-refractivity contribution < 1.29 is 13.2 Å². The number of hydrogen-bond donors (Lipinski definition) is 1. The van der Waals surface area contributed by atoms with E-state index >= 15 is 0 Å². The highest BCUT2D eigenvalue weighted by atomic mass is 32.2. The van der Waals surface area contributed by atoms with E-state index in [-0.39, 0.29) is 23.9 Å². The van der Waals surface area contributed by atoms with Crippen molar-refractivity contribution in [2.24, 2.45) is 5.10 Å². The van der Waals surface area contributed by atoms with Gasteiger partial charge in [-0.3, -0.25) is 4.79 Å². The average molecular weight is 498 g/mol. The summed E-state index contributed by atoms with van der Waals surface area (Å²) >= 11 is 0. The molecule has 36 heavy (non-hydrogen) atoms. The summed E-state index contributed by atoms with van der Waals surface area (Å²) in [6, 6.07) is 34.3. The third-order valence-corrected chi connectivity index (χ3v) is 7.48. The molecule has 0 fully saturated rings. The number of amides is 1. The molecule has 0 spiro atoms. The Kier molecular flexibility index (Phi) is 8.05. The van der Waals surface area contributed by atoms with E-state index in [0.29, 0.717) is 11.3 Å². The Morgan fingerprint density at radius 1 is 0.694 bits per heavy atom. The second-order valence-corrected chi connectivity index (χ2v) is 10.2. The molecule has 0 unspecified atom stereocenters. The molecule has 4 rings (SSSR count). The van der Waals surface area contributed by atoms with Crippen LogP contribution in [0.25, 0.3) is 0 Å². The first-order chi connectivity index (χ1) is 17.4. The van der Waals surface area contributed by atoms with Crippen LogP contribution in [0.2, 0.25) is 0 Å². The van der Waals surface area contributed by atoms with Gasteiger partial charge in [0.15, 0.2) is 0 Å². The largest absolute Gasteiger partial charge is 0.271 e. The van der Waals surface area contributed by atoms with Gasteiger partial charge in [0.1, 0.15) is 0 Å². The summed E-state index contributed by atoms with van der Waals surface area (Å²) in [5.74, 6) is -0.338. The van der Waals surface area contributed by atoms with Crippen LogP contribution in [0.1, 0.15) is 34.0 Å². The Morgan fingerprint density at radius 2 is 1.19 bits per heavy atom. The minimum atomic E-state index is -3.73. The third-order valence-electron chi connectivity index (χ3n) is 5.67. The maximum Gasteiger partial charge on any atom is 0.271 e. The topological polar surface area (TPSA) is 78.8 Å². The number of rotatable bonds is 9. The monoisotopic (exact) mass is 497 g/mol. The normalized spacial score (nSPS) is 11.9. The van der Waals surface area contributed by atoms with Crippen LogP contribution in [0.3, 0.4) is 0 Å². The zero-order valence-electron chi connectivity index (χ0n) is 19.9. The van der Waals surface area contributed by atoms with E-state index < -0.39 is 10.0 Å². The van der Waals surface area contributed by atoms with Gasteiger partial charge >= 0.3 is 0 Å². The van der Waals surface area contributed by atoms with Crippen LogP contribution in [0.4, 0.5) is 0 Å². The van der Waals surface area contributed by atoms with Crippen molar-refractivity contribution in [1.29, 1.82) is 0 Å². The Hall–Kier alpha value is -4.07. The van der Waals surface area contributed by atoms with Crippen LogP contribution >= 0.6 is 0 Å². The number of nitrogens with zero attached hydrogens (tertiary/aromatic N) is 2. The Balaban J connectivity index is 1.50. The van der Waals surface area contributed by atoms with Gasteiger partial charge in [-0.2, -0.15) is 9.41 Å². The molecule has 6 nitrogen and oxygen atoms in total. The van der Waals surface area contributed by atoms with Crippen molar-refractivity contribution in [2.45, 2.75) is 24.9 Å². The Bertz CT molecular complexity index is 1420. The van der Waals surface area contributed by atoms with E-state index in [1.807, 2.05) is 67.6 Å². The maximum absolute atomic E-state index is 13.4. The fourth-order valence-electron chi connectivity index (χ4n) is 3.66. The van der Waals surface area contributed by atoms with Crippen LogP contribution in [-0.2, 0) is 23.1 Å². The number of nitrogens with one attached hydrogen (secondary N) is 1. The molecule has 182 valence electrons. The third kappa shape index (κ3) is 6.33. The van der Waals surface area contributed by atoms with E-state index in [1.54, 1.807) is 54.6 Å². The lowest BCUT2D eigenvalue weighted by molar-refractivity contribution is 0.0955. The molecule has 0 aromatic heterocycles. The summed E-state index contributed by atoms with van der Waals surface area (Å²) in [7, 11) is -3.73. The predicted octanol–water partition coefficient (Wildman–Crippen LogP) is 5.23. The predicted molar refractivity (Wildman–Crippen MR) is 142 cm³/mol. The molecule has 4 aromatic rings. The zero-order chi connectivity index (χ0) is 25.4. The molecule has 1 N–H and O–H groups in total. The SMILES string of the molecule is C/C(=N\NC(=O)c1ccc(CN(Cc2ccccc2)S(=O)(=O)c2ccccc2)cc1)c1ccccc1. The van der Waals surface area contributed by atoms with E-state index in [1.165, 1.54) is 4.31 Å². The number of carbonyl (C=O) groups is 1. The van der Waals surface area contributed by atoms with Gasteiger partial charge in [0.2, 0.25) is 10.0 Å². The van der Waals surface area contributed by atoms with Gasteiger partial charge in [-0.1, -0.05) is 91.0 Å². The van der Waals surface area contributed by atoms with Gasteiger partial charge < -0.3 is 0 Å². The first-order valence-electron chi connectivity index (χ1n) is 11.5. The maximum atomic E-state index is 13.4. The van der Waals surface area contributed by atoms with Crippen LogP contribution in [0, 0.1) is 0 Å². The van der Waals surface area contributed by atoms with Crippen molar-refractivity contribution in [1.82, 2.24) is 9.73 Å². The molecule has 7 heteroatoms. The summed E-state index contributed by atoms with van der Waals surface area (Å²) in [6.07, 6.45) is 0. The second kappa shape index (κ2) is 11.6. The molecular weight excluding hydrogens is 470 g/mol. The van der Waals surface area contributed by atoms with Crippen molar-refractivity contribution >= 4 is 21.6 Å². The lowest BCUT2D eigenvalue weighted by Gasteiger charge is -2.22. The first kappa shape index (κ1) is 25.0. The summed E-state index contributed by atoms with van der Waals surface area (Å²) in [5.41, 5.74) is 6.29. The van der Waals surface area contributed by atoms with Gasteiger partial charge in [-0.15, -0.1) is 0 Å². The molecule has 4 aromatic carbocycles. The fraction of sp³-hybridized carbons (Fsp3) is 0.103. The molecule has 0 aliphatic rings. The number of benzene rings is 4. The molecule has 1 amide bonds. The molecular formula is C29H27N3O3S. The molecule has 0 saturated carbocycles. The van der Waals surface area contributed by atoms with Crippen molar-refractivity contribution in [3.05, 3.63) is 138 Å². The van der Waals surface area contributed by atoms with Gasteiger partial charge in [0, 0.05) is 18.7 Å². The van der Waals surface area contributed by atoms with E-state index in [4.69, 9.17) is 0 Å². The number of hydrogen-bond acceptors (Lipinski definition) is 4. The first-order valence-corrected chi connectivity index (χ1v) is 13.0. The fourth-order valence-corrected chi connectivity index (χ4v) is 5.10. The lowest BCUT2D eigenvalue weighted by Crippen LogP contribution is -2.30. The molecule has 0 bridgehead atoms. The van der Waals surface area contributed by atoms with Crippen LogP contribution in [-0.4, -0.2) is 24.3 Å².